The van der Waals surface area contributed by atoms with Crippen molar-refractivity contribution in [2.45, 2.75) is 13.3 Å². The van der Waals surface area contributed by atoms with Gasteiger partial charge in [0.25, 0.3) is 0 Å². The van der Waals surface area contributed by atoms with E-state index in [9.17, 15) is 9.59 Å². The zero-order valence-corrected chi connectivity index (χ0v) is 6.75. The normalized spacial score (nSPS) is 7.82. The molecule has 5 heteroatoms. The Kier molecular flexibility index (Phi) is 8.01. The third-order valence-corrected chi connectivity index (χ3v) is 0.822. The lowest BCUT2D eigenvalue weighted by Crippen LogP contribution is -2.11. The summed E-state index contributed by atoms with van der Waals surface area (Å²) in [6.45, 7) is 1.96. The summed E-state index contributed by atoms with van der Waals surface area (Å²) < 4.78 is 8.70. The van der Waals surface area contributed by atoms with Crippen LogP contribution < -0.4 is 6.15 Å². The summed E-state index contributed by atoms with van der Waals surface area (Å²) in [5.41, 5.74) is 0. The second-order valence-corrected chi connectivity index (χ2v) is 1.56. The van der Waals surface area contributed by atoms with Crippen molar-refractivity contribution in [1.82, 2.24) is 6.15 Å². The molecule has 0 aromatic rings. The minimum Gasteiger partial charge on any atom is -0.469 e. The maximum atomic E-state index is 10.5. The van der Waals surface area contributed by atoms with Crippen molar-refractivity contribution in [2.75, 3.05) is 13.7 Å². The lowest BCUT2D eigenvalue weighted by Gasteiger charge is -1.98. The van der Waals surface area contributed by atoms with Crippen molar-refractivity contribution < 1.29 is 19.1 Å². The van der Waals surface area contributed by atoms with Gasteiger partial charge in [-0.05, 0) is 6.92 Å². The summed E-state index contributed by atoms with van der Waals surface area (Å²) in [6, 6.07) is 0. The van der Waals surface area contributed by atoms with E-state index in [1.54, 1.807) is 6.92 Å². The lowest BCUT2D eigenvalue weighted by molar-refractivity contribution is -0.152. The molecule has 5 nitrogen and oxygen atoms in total. The van der Waals surface area contributed by atoms with E-state index in [2.05, 4.69) is 9.47 Å². The predicted octanol–water partition coefficient (Wildman–Crippen LogP) is 0.275. The molecule has 0 fully saturated rings. The standard InChI is InChI=1S/C6H10O4.H3N/c1-3-10-6(8)4-5(7)9-2;/h3-4H2,1-2H3;1H3. The SMILES string of the molecule is CCOC(=O)CC(=O)OC.N. The Morgan fingerprint density at radius 2 is 1.82 bits per heavy atom. The topological polar surface area (TPSA) is 87.6 Å². The fraction of sp³-hybridized carbons (Fsp3) is 0.667. The summed E-state index contributed by atoms with van der Waals surface area (Å²) in [4.78, 5) is 20.9. The van der Waals surface area contributed by atoms with Gasteiger partial charge in [-0.25, -0.2) is 0 Å². The highest BCUT2D eigenvalue weighted by Gasteiger charge is 2.08. The number of carbonyl (C=O) groups excluding carboxylic acids is 2. The molecular formula is C6H13NO4. The number of esters is 2. The highest BCUT2D eigenvalue weighted by atomic mass is 16.5. The van der Waals surface area contributed by atoms with Gasteiger partial charge < -0.3 is 15.6 Å². The molecule has 0 saturated heterocycles. The molecule has 0 spiro atoms. The fourth-order valence-electron chi connectivity index (χ4n) is 0.402. The number of hydrogen-bond donors (Lipinski definition) is 1. The molecule has 0 bridgehead atoms. The zero-order chi connectivity index (χ0) is 7.98. The van der Waals surface area contributed by atoms with Gasteiger partial charge in [0.15, 0.2) is 0 Å². The van der Waals surface area contributed by atoms with Crippen LogP contribution in [0.4, 0.5) is 0 Å². The van der Waals surface area contributed by atoms with E-state index >= 15 is 0 Å². The first-order chi connectivity index (χ1) is 4.70. The summed E-state index contributed by atoms with van der Waals surface area (Å²) in [5, 5.41) is 0. The van der Waals surface area contributed by atoms with Crippen LogP contribution in [-0.2, 0) is 19.1 Å². The summed E-state index contributed by atoms with van der Waals surface area (Å²) in [7, 11) is 1.22. The molecule has 66 valence electrons. The largest absolute Gasteiger partial charge is 0.469 e. The zero-order valence-electron chi connectivity index (χ0n) is 6.75. The summed E-state index contributed by atoms with van der Waals surface area (Å²) in [5.74, 6) is -1.12. The summed E-state index contributed by atoms with van der Waals surface area (Å²) in [6.07, 6.45) is -0.301. The highest BCUT2D eigenvalue weighted by molar-refractivity contribution is 5.91. The first-order valence-corrected chi connectivity index (χ1v) is 2.93. The van der Waals surface area contributed by atoms with Gasteiger partial charge in [0.05, 0.1) is 13.7 Å². The van der Waals surface area contributed by atoms with E-state index < -0.39 is 11.9 Å². The second kappa shape index (κ2) is 7.01. The Labute approximate surface area is 65.2 Å². The molecule has 0 unspecified atom stereocenters. The van der Waals surface area contributed by atoms with Gasteiger partial charge in [0, 0.05) is 0 Å². The number of carbonyl (C=O) groups is 2. The van der Waals surface area contributed by atoms with Crippen molar-refractivity contribution in [2.24, 2.45) is 0 Å². The molecule has 0 aliphatic heterocycles. The van der Waals surface area contributed by atoms with E-state index in [4.69, 9.17) is 0 Å². The van der Waals surface area contributed by atoms with Gasteiger partial charge in [0.1, 0.15) is 6.42 Å². The Morgan fingerprint density at radius 1 is 1.27 bits per heavy atom. The Balaban J connectivity index is 0. The van der Waals surface area contributed by atoms with Gasteiger partial charge in [-0.2, -0.15) is 0 Å². The van der Waals surface area contributed by atoms with Crippen molar-refractivity contribution in [3.8, 4) is 0 Å². The third-order valence-electron chi connectivity index (χ3n) is 0.822. The third kappa shape index (κ3) is 6.79. The van der Waals surface area contributed by atoms with Crippen LogP contribution in [0, 0.1) is 0 Å². The second-order valence-electron chi connectivity index (χ2n) is 1.56. The maximum absolute atomic E-state index is 10.5. The molecule has 0 aliphatic carbocycles. The van der Waals surface area contributed by atoms with E-state index in [0.717, 1.165) is 0 Å². The van der Waals surface area contributed by atoms with Crippen LogP contribution in [0.1, 0.15) is 13.3 Å². The van der Waals surface area contributed by atoms with Crippen LogP contribution >= 0.6 is 0 Å². The molecule has 0 rings (SSSR count). The number of methoxy groups -OCH3 is 1. The first-order valence-electron chi connectivity index (χ1n) is 2.93. The van der Waals surface area contributed by atoms with Crippen molar-refractivity contribution >= 4 is 11.9 Å². The van der Waals surface area contributed by atoms with Crippen LogP contribution in [0.25, 0.3) is 0 Å². The highest BCUT2D eigenvalue weighted by Crippen LogP contribution is 1.87. The quantitative estimate of drug-likeness (QED) is 0.476. The van der Waals surface area contributed by atoms with Gasteiger partial charge in [-0.15, -0.1) is 0 Å². The molecule has 0 saturated carbocycles. The van der Waals surface area contributed by atoms with Gasteiger partial charge >= 0.3 is 11.9 Å². The minimum atomic E-state index is -0.571. The number of ether oxygens (including phenoxy) is 2. The van der Waals surface area contributed by atoms with Crippen LogP contribution in [0.2, 0.25) is 0 Å². The molecule has 3 N–H and O–H groups in total. The van der Waals surface area contributed by atoms with E-state index in [1.165, 1.54) is 7.11 Å². The molecule has 0 aliphatic rings. The van der Waals surface area contributed by atoms with E-state index in [-0.39, 0.29) is 19.2 Å². The van der Waals surface area contributed by atoms with Gasteiger partial charge in [-0.1, -0.05) is 0 Å². The molecule has 0 heterocycles. The Morgan fingerprint density at radius 3 is 2.18 bits per heavy atom. The molecular weight excluding hydrogens is 150 g/mol. The van der Waals surface area contributed by atoms with Gasteiger partial charge in [-0.3, -0.25) is 9.59 Å². The summed E-state index contributed by atoms with van der Waals surface area (Å²) >= 11 is 0. The molecule has 0 amide bonds. The van der Waals surface area contributed by atoms with Crippen LogP contribution in [0.3, 0.4) is 0 Å². The van der Waals surface area contributed by atoms with E-state index in [0.29, 0.717) is 0 Å². The molecule has 0 aromatic heterocycles. The monoisotopic (exact) mass is 163 g/mol. The Hall–Kier alpha value is -1.10. The van der Waals surface area contributed by atoms with Crippen LogP contribution in [0.5, 0.6) is 0 Å². The van der Waals surface area contributed by atoms with Crippen molar-refractivity contribution in [1.29, 1.82) is 0 Å². The van der Waals surface area contributed by atoms with Crippen LogP contribution in [-0.4, -0.2) is 25.7 Å². The van der Waals surface area contributed by atoms with Gasteiger partial charge in [0.2, 0.25) is 0 Å². The smallest absolute Gasteiger partial charge is 0.317 e. The minimum absolute atomic E-state index is 0. The number of hydrogen-bond acceptors (Lipinski definition) is 5. The molecule has 0 aromatic carbocycles. The molecule has 11 heavy (non-hydrogen) atoms. The fourth-order valence-corrected chi connectivity index (χ4v) is 0.402. The first kappa shape index (κ1) is 12.6. The average molecular weight is 163 g/mol. The molecule has 0 atom stereocenters. The number of rotatable bonds is 3. The average Bonchev–Trinajstić information content (AvgIpc) is 1.88. The maximum Gasteiger partial charge on any atom is 0.317 e. The van der Waals surface area contributed by atoms with Crippen molar-refractivity contribution in [3.63, 3.8) is 0 Å². The van der Waals surface area contributed by atoms with Crippen LogP contribution in [0.15, 0.2) is 0 Å². The lowest BCUT2D eigenvalue weighted by atomic mass is 10.4. The Bertz CT molecular complexity index is 135. The molecule has 0 radical (unpaired) electrons. The van der Waals surface area contributed by atoms with Crippen molar-refractivity contribution in [3.05, 3.63) is 0 Å². The van der Waals surface area contributed by atoms with E-state index in [1.807, 2.05) is 0 Å². The predicted molar refractivity (Wildman–Crippen MR) is 38.3 cm³/mol.